The molecule has 7 nitrogen and oxygen atoms in total. The summed E-state index contributed by atoms with van der Waals surface area (Å²) >= 11 is 1.39. The van der Waals surface area contributed by atoms with Crippen LogP contribution in [0.5, 0.6) is 11.5 Å². The van der Waals surface area contributed by atoms with E-state index in [1.807, 2.05) is 13.0 Å². The standard InChI is InChI=1S/C19H19NO6S/c1-12-2-6-17(27-12)14(21)4-7-19(23)26-11-18(22)20-13-3-5-15-16(10-13)25-9-8-24-15/h2-3,5-6,10H,4,7-9,11H2,1H3,(H,20,22). The molecule has 0 radical (unpaired) electrons. The number of hydrogen-bond donors (Lipinski definition) is 1. The normalized spacial score (nSPS) is 12.3. The van der Waals surface area contributed by atoms with Crippen molar-refractivity contribution in [3.63, 3.8) is 0 Å². The van der Waals surface area contributed by atoms with Gasteiger partial charge in [0.2, 0.25) is 0 Å². The number of ether oxygens (including phenoxy) is 3. The van der Waals surface area contributed by atoms with Crippen molar-refractivity contribution >= 4 is 34.7 Å². The first-order valence-corrected chi connectivity index (χ1v) is 9.27. The number of fused-ring (bicyclic) bond motifs is 1. The van der Waals surface area contributed by atoms with Gasteiger partial charge in [-0.2, -0.15) is 0 Å². The number of hydrogen-bond acceptors (Lipinski definition) is 7. The van der Waals surface area contributed by atoms with Crippen LogP contribution in [0, 0.1) is 6.92 Å². The minimum Gasteiger partial charge on any atom is -0.486 e. The van der Waals surface area contributed by atoms with Crippen molar-refractivity contribution in [3.05, 3.63) is 40.1 Å². The van der Waals surface area contributed by atoms with E-state index < -0.39 is 18.5 Å². The molecule has 1 aliphatic heterocycles. The van der Waals surface area contributed by atoms with Crippen LogP contribution < -0.4 is 14.8 Å². The summed E-state index contributed by atoms with van der Waals surface area (Å²) < 4.78 is 15.8. The van der Waals surface area contributed by atoms with Gasteiger partial charge in [0.25, 0.3) is 5.91 Å². The van der Waals surface area contributed by atoms with Crippen LogP contribution >= 0.6 is 11.3 Å². The number of thiophene rings is 1. The molecule has 1 aromatic carbocycles. The van der Waals surface area contributed by atoms with Gasteiger partial charge in [-0.25, -0.2) is 0 Å². The van der Waals surface area contributed by atoms with Crippen molar-refractivity contribution in [1.29, 1.82) is 0 Å². The van der Waals surface area contributed by atoms with Crippen molar-refractivity contribution in [2.24, 2.45) is 0 Å². The smallest absolute Gasteiger partial charge is 0.306 e. The fourth-order valence-corrected chi connectivity index (χ4v) is 3.29. The third-order valence-corrected chi connectivity index (χ3v) is 4.80. The molecule has 2 heterocycles. The maximum atomic E-state index is 12.0. The summed E-state index contributed by atoms with van der Waals surface area (Å²) in [5.41, 5.74) is 0.517. The molecular formula is C19H19NO6S. The van der Waals surface area contributed by atoms with Gasteiger partial charge in [-0.1, -0.05) is 0 Å². The Morgan fingerprint density at radius 1 is 1.07 bits per heavy atom. The Morgan fingerprint density at radius 3 is 2.59 bits per heavy atom. The van der Waals surface area contributed by atoms with Crippen molar-refractivity contribution in [3.8, 4) is 11.5 Å². The molecule has 0 saturated carbocycles. The second-order valence-corrected chi connectivity index (χ2v) is 7.19. The van der Waals surface area contributed by atoms with Crippen LogP contribution in [0.25, 0.3) is 0 Å². The largest absolute Gasteiger partial charge is 0.486 e. The lowest BCUT2D eigenvalue weighted by molar-refractivity contribution is -0.147. The number of rotatable bonds is 7. The number of aryl methyl sites for hydroxylation is 1. The Labute approximate surface area is 160 Å². The fourth-order valence-electron chi connectivity index (χ4n) is 2.46. The van der Waals surface area contributed by atoms with Crippen LogP contribution in [0.2, 0.25) is 0 Å². The highest BCUT2D eigenvalue weighted by Crippen LogP contribution is 2.32. The predicted molar refractivity (Wildman–Crippen MR) is 99.6 cm³/mol. The molecule has 0 bridgehead atoms. The van der Waals surface area contributed by atoms with Gasteiger partial charge in [-0.05, 0) is 31.2 Å². The Morgan fingerprint density at radius 2 is 1.85 bits per heavy atom. The minimum atomic E-state index is -0.589. The molecule has 1 aromatic heterocycles. The molecule has 0 spiro atoms. The summed E-state index contributed by atoms with van der Waals surface area (Å²) in [5.74, 6) is 0.00890. The number of anilines is 1. The van der Waals surface area contributed by atoms with E-state index in [1.54, 1.807) is 24.3 Å². The summed E-state index contributed by atoms with van der Waals surface area (Å²) in [6.45, 7) is 2.44. The number of carbonyl (C=O) groups is 3. The Bertz CT molecular complexity index is 860. The lowest BCUT2D eigenvalue weighted by Crippen LogP contribution is -2.21. The second kappa shape index (κ2) is 8.68. The third kappa shape index (κ3) is 5.30. The average molecular weight is 389 g/mol. The van der Waals surface area contributed by atoms with Crippen LogP contribution in [0.3, 0.4) is 0 Å². The highest BCUT2D eigenvalue weighted by Gasteiger charge is 2.15. The topological polar surface area (TPSA) is 90.9 Å². The quantitative estimate of drug-likeness (QED) is 0.578. The first-order chi connectivity index (χ1) is 13.0. The number of amides is 1. The van der Waals surface area contributed by atoms with E-state index in [0.717, 1.165) is 4.88 Å². The van der Waals surface area contributed by atoms with E-state index in [9.17, 15) is 14.4 Å². The molecule has 27 heavy (non-hydrogen) atoms. The van der Waals surface area contributed by atoms with Gasteiger partial charge in [0.05, 0.1) is 11.3 Å². The molecule has 142 valence electrons. The number of esters is 1. The molecule has 3 rings (SSSR count). The maximum absolute atomic E-state index is 12.0. The number of Topliss-reactive ketones (excluding diaryl/α,β-unsaturated/α-hetero) is 1. The summed E-state index contributed by atoms with van der Waals surface area (Å²) in [4.78, 5) is 37.3. The first kappa shape index (κ1) is 18.9. The average Bonchev–Trinajstić information content (AvgIpc) is 3.11. The molecule has 0 aliphatic carbocycles. The van der Waals surface area contributed by atoms with Crippen molar-refractivity contribution < 1.29 is 28.6 Å². The monoisotopic (exact) mass is 389 g/mol. The van der Waals surface area contributed by atoms with Crippen LogP contribution in [0.1, 0.15) is 27.4 Å². The molecule has 8 heteroatoms. The molecule has 1 aliphatic rings. The highest BCUT2D eigenvalue weighted by atomic mass is 32.1. The van der Waals surface area contributed by atoms with E-state index >= 15 is 0 Å². The van der Waals surface area contributed by atoms with E-state index in [0.29, 0.717) is 35.3 Å². The van der Waals surface area contributed by atoms with Crippen LogP contribution in [-0.2, 0) is 14.3 Å². The lowest BCUT2D eigenvalue weighted by atomic mass is 10.2. The Hall–Kier alpha value is -2.87. The summed E-state index contributed by atoms with van der Waals surface area (Å²) in [5, 5.41) is 2.62. The molecule has 1 amide bonds. The number of benzene rings is 1. The minimum absolute atomic E-state index is 0.0581. The summed E-state index contributed by atoms with van der Waals surface area (Å²) in [6.07, 6.45) is -0.00431. The SMILES string of the molecule is Cc1ccc(C(=O)CCC(=O)OCC(=O)Nc2ccc3c(c2)OCCO3)s1. The highest BCUT2D eigenvalue weighted by molar-refractivity contribution is 7.14. The van der Waals surface area contributed by atoms with Crippen LogP contribution in [0.4, 0.5) is 5.69 Å². The maximum Gasteiger partial charge on any atom is 0.306 e. The zero-order valence-corrected chi connectivity index (χ0v) is 15.6. The van der Waals surface area contributed by atoms with Gasteiger partial charge >= 0.3 is 5.97 Å². The molecule has 1 N–H and O–H groups in total. The molecule has 0 atom stereocenters. The predicted octanol–water partition coefficient (Wildman–Crippen LogP) is 2.97. The van der Waals surface area contributed by atoms with E-state index in [1.165, 1.54) is 11.3 Å². The van der Waals surface area contributed by atoms with Gasteiger partial charge in [0.1, 0.15) is 13.2 Å². The van der Waals surface area contributed by atoms with E-state index in [2.05, 4.69) is 5.32 Å². The zero-order chi connectivity index (χ0) is 19.2. The van der Waals surface area contributed by atoms with Gasteiger partial charge in [0.15, 0.2) is 23.9 Å². The molecule has 0 fully saturated rings. The second-order valence-electron chi connectivity index (χ2n) is 5.90. The van der Waals surface area contributed by atoms with Crippen molar-refractivity contribution in [2.75, 3.05) is 25.1 Å². The van der Waals surface area contributed by atoms with Crippen molar-refractivity contribution in [1.82, 2.24) is 0 Å². The first-order valence-electron chi connectivity index (χ1n) is 8.46. The van der Waals surface area contributed by atoms with Gasteiger partial charge in [-0.15, -0.1) is 11.3 Å². The summed E-state index contributed by atoms with van der Waals surface area (Å²) in [6, 6.07) is 8.63. The van der Waals surface area contributed by atoms with Gasteiger partial charge in [0, 0.05) is 23.1 Å². The summed E-state index contributed by atoms with van der Waals surface area (Å²) in [7, 11) is 0. The Kier molecular flexibility index (Phi) is 6.08. The molecule has 2 aromatic rings. The molecule has 0 unspecified atom stereocenters. The fraction of sp³-hybridized carbons (Fsp3) is 0.316. The molecule has 0 saturated heterocycles. The zero-order valence-electron chi connectivity index (χ0n) is 14.8. The van der Waals surface area contributed by atoms with E-state index in [4.69, 9.17) is 14.2 Å². The van der Waals surface area contributed by atoms with Gasteiger partial charge < -0.3 is 19.5 Å². The Balaban J connectivity index is 1.41. The van der Waals surface area contributed by atoms with Crippen LogP contribution in [-0.4, -0.2) is 37.5 Å². The van der Waals surface area contributed by atoms with E-state index in [-0.39, 0.29) is 18.6 Å². The number of ketones is 1. The van der Waals surface area contributed by atoms with Crippen LogP contribution in [0.15, 0.2) is 30.3 Å². The third-order valence-electron chi connectivity index (χ3n) is 3.76. The number of carbonyl (C=O) groups excluding carboxylic acids is 3. The van der Waals surface area contributed by atoms with Gasteiger partial charge in [-0.3, -0.25) is 14.4 Å². The van der Waals surface area contributed by atoms with Crippen molar-refractivity contribution in [2.45, 2.75) is 19.8 Å². The number of nitrogens with one attached hydrogen (secondary N) is 1. The lowest BCUT2D eigenvalue weighted by Gasteiger charge is -2.19. The molecular weight excluding hydrogens is 370 g/mol.